The van der Waals surface area contributed by atoms with Crippen molar-refractivity contribution in [1.29, 1.82) is 5.26 Å². The Bertz CT molecular complexity index is 627. The van der Waals surface area contributed by atoms with E-state index in [1.54, 1.807) is 0 Å². The van der Waals surface area contributed by atoms with Crippen LogP contribution in [0.4, 0.5) is 11.4 Å². The number of benzene rings is 2. The van der Waals surface area contributed by atoms with Crippen molar-refractivity contribution in [2.75, 3.05) is 5.32 Å². The normalized spacial score (nSPS) is 9.89. The van der Waals surface area contributed by atoms with E-state index in [9.17, 15) is 0 Å². The Kier molecular flexibility index (Phi) is 3.69. The van der Waals surface area contributed by atoms with Crippen LogP contribution in [0.1, 0.15) is 16.7 Å². The molecule has 18 heavy (non-hydrogen) atoms. The lowest BCUT2D eigenvalue weighted by Crippen LogP contribution is -1.93. The SMILES string of the molecule is Cc1ccc(Br)c(Nc2ccc(C#N)c(C)c2)c1. The van der Waals surface area contributed by atoms with E-state index in [1.165, 1.54) is 5.56 Å². The third kappa shape index (κ3) is 2.72. The lowest BCUT2D eigenvalue weighted by molar-refractivity contribution is 1.38. The maximum absolute atomic E-state index is 8.90. The van der Waals surface area contributed by atoms with Crippen LogP contribution in [0.2, 0.25) is 0 Å². The average Bonchev–Trinajstić information content (AvgIpc) is 2.34. The summed E-state index contributed by atoms with van der Waals surface area (Å²) in [6, 6.07) is 14.1. The van der Waals surface area contributed by atoms with Gasteiger partial charge in [-0.3, -0.25) is 0 Å². The molecule has 0 saturated carbocycles. The fraction of sp³-hybridized carbons (Fsp3) is 0.133. The molecule has 0 aliphatic carbocycles. The molecule has 0 spiro atoms. The van der Waals surface area contributed by atoms with Crippen LogP contribution in [-0.2, 0) is 0 Å². The van der Waals surface area contributed by atoms with Gasteiger partial charge in [0.05, 0.1) is 17.3 Å². The molecule has 2 nitrogen and oxygen atoms in total. The molecular weight excluding hydrogens is 288 g/mol. The van der Waals surface area contributed by atoms with Gasteiger partial charge in [-0.15, -0.1) is 0 Å². The van der Waals surface area contributed by atoms with Crippen molar-refractivity contribution in [2.45, 2.75) is 13.8 Å². The Morgan fingerprint density at radius 1 is 1.11 bits per heavy atom. The minimum Gasteiger partial charge on any atom is -0.355 e. The first-order chi connectivity index (χ1) is 8.60. The smallest absolute Gasteiger partial charge is 0.0994 e. The minimum atomic E-state index is 0.712. The summed E-state index contributed by atoms with van der Waals surface area (Å²) in [4.78, 5) is 0. The zero-order chi connectivity index (χ0) is 13.1. The topological polar surface area (TPSA) is 35.8 Å². The maximum atomic E-state index is 8.90. The molecule has 2 aromatic rings. The first-order valence-electron chi connectivity index (χ1n) is 5.64. The molecule has 1 N–H and O–H groups in total. The van der Waals surface area contributed by atoms with Gasteiger partial charge in [0.2, 0.25) is 0 Å². The first kappa shape index (κ1) is 12.7. The molecule has 0 aliphatic rings. The van der Waals surface area contributed by atoms with Crippen molar-refractivity contribution >= 4 is 27.3 Å². The molecule has 2 rings (SSSR count). The summed E-state index contributed by atoms with van der Waals surface area (Å²) in [5.74, 6) is 0. The van der Waals surface area contributed by atoms with Crippen LogP contribution in [-0.4, -0.2) is 0 Å². The Hall–Kier alpha value is -1.79. The average molecular weight is 301 g/mol. The molecule has 0 aliphatic heterocycles. The highest BCUT2D eigenvalue weighted by Gasteiger charge is 2.03. The number of nitrogens with zero attached hydrogens (tertiary/aromatic N) is 1. The van der Waals surface area contributed by atoms with Gasteiger partial charge in [-0.25, -0.2) is 0 Å². The van der Waals surface area contributed by atoms with E-state index in [2.05, 4.69) is 46.4 Å². The fourth-order valence-electron chi connectivity index (χ4n) is 1.76. The van der Waals surface area contributed by atoms with E-state index < -0.39 is 0 Å². The fourth-order valence-corrected chi connectivity index (χ4v) is 2.10. The monoisotopic (exact) mass is 300 g/mol. The van der Waals surface area contributed by atoms with E-state index in [-0.39, 0.29) is 0 Å². The second-order valence-electron chi connectivity index (χ2n) is 4.25. The molecule has 90 valence electrons. The Morgan fingerprint density at radius 3 is 2.56 bits per heavy atom. The zero-order valence-electron chi connectivity index (χ0n) is 10.3. The largest absolute Gasteiger partial charge is 0.355 e. The summed E-state index contributed by atoms with van der Waals surface area (Å²) in [5, 5.41) is 12.3. The van der Waals surface area contributed by atoms with E-state index >= 15 is 0 Å². The van der Waals surface area contributed by atoms with E-state index in [0.29, 0.717) is 5.56 Å². The zero-order valence-corrected chi connectivity index (χ0v) is 11.9. The number of halogens is 1. The second-order valence-corrected chi connectivity index (χ2v) is 5.10. The van der Waals surface area contributed by atoms with E-state index in [4.69, 9.17) is 5.26 Å². The van der Waals surface area contributed by atoms with Gasteiger partial charge in [0, 0.05) is 10.2 Å². The van der Waals surface area contributed by atoms with Crippen LogP contribution in [0.3, 0.4) is 0 Å². The van der Waals surface area contributed by atoms with Crippen LogP contribution in [0.15, 0.2) is 40.9 Å². The number of nitrogens with one attached hydrogen (secondary N) is 1. The number of aryl methyl sites for hydroxylation is 2. The predicted octanol–water partition coefficient (Wildman–Crippen LogP) is 4.68. The van der Waals surface area contributed by atoms with E-state index in [1.807, 2.05) is 31.2 Å². The lowest BCUT2D eigenvalue weighted by Gasteiger charge is -2.10. The van der Waals surface area contributed by atoms with Crippen LogP contribution < -0.4 is 5.32 Å². The first-order valence-corrected chi connectivity index (χ1v) is 6.43. The van der Waals surface area contributed by atoms with Crippen LogP contribution >= 0.6 is 15.9 Å². The van der Waals surface area contributed by atoms with Gasteiger partial charge in [-0.2, -0.15) is 5.26 Å². The standard InChI is InChI=1S/C15H13BrN2/c1-10-3-6-14(16)15(7-10)18-13-5-4-12(9-17)11(2)8-13/h3-8,18H,1-2H3. The van der Waals surface area contributed by atoms with Gasteiger partial charge in [0.1, 0.15) is 0 Å². The summed E-state index contributed by atoms with van der Waals surface area (Å²) in [6.45, 7) is 4.00. The number of anilines is 2. The highest BCUT2D eigenvalue weighted by atomic mass is 79.9. The molecule has 2 aromatic carbocycles. The molecule has 0 aromatic heterocycles. The Labute approximate surface area is 115 Å². The molecule has 0 radical (unpaired) electrons. The Balaban J connectivity index is 2.32. The lowest BCUT2D eigenvalue weighted by atomic mass is 10.1. The third-order valence-corrected chi connectivity index (χ3v) is 3.44. The van der Waals surface area contributed by atoms with Crippen molar-refractivity contribution in [1.82, 2.24) is 0 Å². The molecule has 0 fully saturated rings. The van der Waals surface area contributed by atoms with Crippen LogP contribution in [0, 0.1) is 25.2 Å². The molecule has 3 heteroatoms. The van der Waals surface area contributed by atoms with Crippen molar-refractivity contribution < 1.29 is 0 Å². The summed E-state index contributed by atoms with van der Waals surface area (Å²) in [6.07, 6.45) is 0. The summed E-state index contributed by atoms with van der Waals surface area (Å²) in [5.41, 5.74) is 4.90. The van der Waals surface area contributed by atoms with Crippen LogP contribution in [0.25, 0.3) is 0 Å². The number of hydrogen-bond acceptors (Lipinski definition) is 2. The highest BCUT2D eigenvalue weighted by molar-refractivity contribution is 9.10. The van der Waals surface area contributed by atoms with Gasteiger partial charge in [-0.05, 0) is 71.2 Å². The summed E-state index contributed by atoms with van der Waals surface area (Å²) < 4.78 is 1.02. The minimum absolute atomic E-state index is 0.712. The van der Waals surface area contributed by atoms with Crippen molar-refractivity contribution in [2.24, 2.45) is 0 Å². The second kappa shape index (κ2) is 5.24. The molecule has 0 heterocycles. The molecule has 0 amide bonds. The summed E-state index contributed by atoms with van der Waals surface area (Å²) >= 11 is 3.52. The van der Waals surface area contributed by atoms with Gasteiger partial charge in [0.15, 0.2) is 0 Å². The number of rotatable bonds is 2. The number of hydrogen-bond donors (Lipinski definition) is 1. The highest BCUT2D eigenvalue weighted by Crippen LogP contribution is 2.27. The maximum Gasteiger partial charge on any atom is 0.0994 e. The number of nitriles is 1. The van der Waals surface area contributed by atoms with E-state index in [0.717, 1.165) is 21.4 Å². The molecule has 0 saturated heterocycles. The molecular formula is C15H13BrN2. The molecule has 0 unspecified atom stereocenters. The molecule has 0 atom stereocenters. The van der Waals surface area contributed by atoms with Crippen molar-refractivity contribution in [3.05, 3.63) is 57.6 Å². The third-order valence-electron chi connectivity index (χ3n) is 2.75. The quantitative estimate of drug-likeness (QED) is 0.874. The predicted molar refractivity (Wildman–Crippen MR) is 78.1 cm³/mol. The van der Waals surface area contributed by atoms with Gasteiger partial charge in [0.25, 0.3) is 0 Å². The summed E-state index contributed by atoms with van der Waals surface area (Å²) in [7, 11) is 0. The van der Waals surface area contributed by atoms with Gasteiger partial charge in [-0.1, -0.05) is 6.07 Å². The molecule has 0 bridgehead atoms. The Morgan fingerprint density at radius 2 is 1.89 bits per heavy atom. The van der Waals surface area contributed by atoms with Crippen molar-refractivity contribution in [3.8, 4) is 6.07 Å². The van der Waals surface area contributed by atoms with Gasteiger partial charge >= 0.3 is 0 Å². The van der Waals surface area contributed by atoms with Crippen LogP contribution in [0.5, 0.6) is 0 Å². The van der Waals surface area contributed by atoms with Crippen molar-refractivity contribution in [3.63, 3.8) is 0 Å². The van der Waals surface area contributed by atoms with Gasteiger partial charge < -0.3 is 5.32 Å².